The van der Waals surface area contributed by atoms with E-state index in [-0.39, 0.29) is 0 Å². The lowest BCUT2D eigenvalue weighted by molar-refractivity contribution is 0.258. The summed E-state index contributed by atoms with van der Waals surface area (Å²) in [6.07, 6.45) is 2.89. The van der Waals surface area contributed by atoms with Gasteiger partial charge in [0.15, 0.2) is 0 Å². The molecule has 1 unspecified atom stereocenters. The maximum atomic E-state index is 4.36. The predicted molar refractivity (Wildman–Crippen MR) is 77.7 cm³/mol. The molecule has 0 aliphatic rings. The van der Waals surface area contributed by atoms with Crippen molar-refractivity contribution in [2.45, 2.75) is 33.2 Å². The Balaban J connectivity index is 2.34. The van der Waals surface area contributed by atoms with Gasteiger partial charge in [-0.3, -0.25) is 4.98 Å². The summed E-state index contributed by atoms with van der Waals surface area (Å²) < 4.78 is 0. The van der Waals surface area contributed by atoms with E-state index in [9.17, 15) is 0 Å². The molecule has 0 aliphatic heterocycles. The van der Waals surface area contributed by atoms with Gasteiger partial charge in [0.05, 0.1) is 0 Å². The fourth-order valence-corrected chi connectivity index (χ4v) is 2.05. The first-order valence-corrected chi connectivity index (χ1v) is 6.95. The summed E-state index contributed by atoms with van der Waals surface area (Å²) in [5.41, 5.74) is 1.17. The van der Waals surface area contributed by atoms with Crippen molar-refractivity contribution >= 4 is 0 Å². The van der Waals surface area contributed by atoms with Crippen LogP contribution in [-0.2, 0) is 6.42 Å². The summed E-state index contributed by atoms with van der Waals surface area (Å²) >= 11 is 0. The second-order valence-electron chi connectivity index (χ2n) is 5.24. The third-order valence-electron chi connectivity index (χ3n) is 3.26. The molecule has 3 heteroatoms. The largest absolute Gasteiger partial charge is 0.313 e. The number of pyridine rings is 1. The SMILES string of the molecule is CCNC(CN(C)CCc1ccccn1)C(C)C. The average molecular weight is 249 g/mol. The number of aromatic nitrogens is 1. The maximum absolute atomic E-state index is 4.36. The lowest BCUT2D eigenvalue weighted by Gasteiger charge is -2.27. The quantitative estimate of drug-likeness (QED) is 0.765. The fourth-order valence-electron chi connectivity index (χ4n) is 2.05. The Morgan fingerprint density at radius 2 is 2.11 bits per heavy atom. The summed E-state index contributed by atoms with van der Waals surface area (Å²) in [5, 5.41) is 3.55. The lowest BCUT2D eigenvalue weighted by atomic mass is 10.0. The van der Waals surface area contributed by atoms with Crippen LogP contribution in [0, 0.1) is 5.92 Å². The molecular weight excluding hydrogens is 222 g/mol. The van der Waals surface area contributed by atoms with Gasteiger partial charge in [0.2, 0.25) is 0 Å². The third-order valence-corrected chi connectivity index (χ3v) is 3.26. The van der Waals surface area contributed by atoms with Gasteiger partial charge in [-0.25, -0.2) is 0 Å². The number of nitrogens with zero attached hydrogens (tertiary/aromatic N) is 2. The Morgan fingerprint density at radius 1 is 1.33 bits per heavy atom. The Labute approximate surface area is 112 Å². The van der Waals surface area contributed by atoms with Crippen molar-refractivity contribution in [1.29, 1.82) is 0 Å². The van der Waals surface area contributed by atoms with Crippen LogP contribution in [0.2, 0.25) is 0 Å². The summed E-state index contributed by atoms with van der Waals surface area (Å²) in [6.45, 7) is 9.92. The first-order chi connectivity index (χ1) is 8.63. The predicted octanol–water partition coefficient (Wildman–Crippen LogP) is 2.19. The van der Waals surface area contributed by atoms with E-state index >= 15 is 0 Å². The molecule has 1 heterocycles. The number of likely N-dealkylation sites (N-methyl/N-ethyl adjacent to an activating group) is 2. The highest BCUT2D eigenvalue weighted by atomic mass is 15.1. The van der Waals surface area contributed by atoms with Gasteiger partial charge in [0.25, 0.3) is 0 Å². The minimum Gasteiger partial charge on any atom is -0.313 e. The van der Waals surface area contributed by atoms with Crippen molar-refractivity contribution in [2.75, 3.05) is 26.7 Å². The van der Waals surface area contributed by atoms with Crippen LogP contribution >= 0.6 is 0 Å². The molecule has 18 heavy (non-hydrogen) atoms. The zero-order valence-corrected chi connectivity index (χ0v) is 12.2. The van der Waals surface area contributed by atoms with E-state index in [0.29, 0.717) is 12.0 Å². The zero-order chi connectivity index (χ0) is 13.4. The third kappa shape index (κ3) is 5.61. The standard InChI is InChI=1S/C15H27N3/c1-5-16-15(13(2)3)12-18(4)11-9-14-8-6-7-10-17-14/h6-8,10,13,15-16H,5,9,11-12H2,1-4H3. The molecule has 0 aliphatic carbocycles. The molecule has 1 aromatic heterocycles. The van der Waals surface area contributed by atoms with Crippen LogP contribution in [0.4, 0.5) is 0 Å². The van der Waals surface area contributed by atoms with Gasteiger partial charge in [0, 0.05) is 37.4 Å². The van der Waals surface area contributed by atoms with E-state index in [2.05, 4.69) is 55.2 Å². The van der Waals surface area contributed by atoms with Gasteiger partial charge in [-0.2, -0.15) is 0 Å². The highest BCUT2D eigenvalue weighted by molar-refractivity contribution is 5.03. The summed E-state index contributed by atoms with van der Waals surface area (Å²) in [4.78, 5) is 6.75. The number of hydrogen-bond acceptors (Lipinski definition) is 3. The van der Waals surface area contributed by atoms with Crippen LogP contribution in [0.25, 0.3) is 0 Å². The molecule has 1 N–H and O–H groups in total. The molecule has 0 amide bonds. The highest BCUT2D eigenvalue weighted by Gasteiger charge is 2.14. The Morgan fingerprint density at radius 3 is 2.67 bits per heavy atom. The molecule has 0 saturated heterocycles. The van der Waals surface area contributed by atoms with Crippen LogP contribution in [0.5, 0.6) is 0 Å². The molecule has 0 spiro atoms. The van der Waals surface area contributed by atoms with Crippen LogP contribution < -0.4 is 5.32 Å². The van der Waals surface area contributed by atoms with E-state index < -0.39 is 0 Å². The monoisotopic (exact) mass is 249 g/mol. The van der Waals surface area contributed by atoms with Crippen molar-refractivity contribution in [3.63, 3.8) is 0 Å². The molecular formula is C15H27N3. The van der Waals surface area contributed by atoms with Gasteiger partial charge in [-0.1, -0.05) is 26.8 Å². The van der Waals surface area contributed by atoms with Crippen molar-refractivity contribution in [3.8, 4) is 0 Å². The van der Waals surface area contributed by atoms with Gasteiger partial charge < -0.3 is 10.2 Å². The highest BCUT2D eigenvalue weighted by Crippen LogP contribution is 2.04. The summed E-state index contributed by atoms with van der Waals surface area (Å²) in [6, 6.07) is 6.69. The van der Waals surface area contributed by atoms with Crippen LogP contribution in [-0.4, -0.2) is 42.6 Å². The van der Waals surface area contributed by atoms with Crippen LogP contribution in [0.15, 0.2) is 24.4 Å². The number of rotatable bonds is 8. The minimum absolute atomic E-state index is 0.573. The Bertz CT molecular complexity index is 311. The number of nitrogens with one attached hydrogen (secondary N) is 1. The Kier molecular flexibility index (Phi) is 6.91. The second kappa shape index (κ2) is 8.22. The van der Waals surface area contributed by atoms with Crippen molar-refractivity contribution in [3.05, 3.63) is 30.1 Å². The molecule has 3 nitrogen and oxygen atoms in total. The Hall–Kier alpha value is -0.930. The minimum atomic E-state index is 0.573. The second-order valence-corrected chi connectivity index (χ2v) is 5.24. The van der Waals surface area contributed by atoms with Gasteiger partial charge in [-0.15, -0.1) is 0 Å². The smallest absolute Gasteiger partial charge is 0.0416 e. The normalized spacial score (nSPS) is 13.2. The van der Waals surface area contributed by atoms with E-state index in [1.807, 2.05) is 12.3 Å². The maximum Gasteiger partial charge on any atom is 0.0416 e. The lowest BCUT2D eigenvalue weighted by Crippen LogP contribution is -2.43. The van der Waals surface area contributed by atoms with E-state index in [4.69, 9.17) is 0 Å². The number of hydrogen-bond donors (Lipinski definition) is 1. The molecule has 0 bridgehead atoms. The molecule has 102 valence electrons. The fraction of sp³-hybridized carbons (Fsp3) is 0.667. The topological polar surface area (TPSA) is 28.2 Å². The molecule has 1 rings (SSSR count). The summed E-state index contributed by atoms with van der Waals surface area (Å²) in [5.74, 6) is 0.669. The van der Waals surface area contributed by atoms with E-state index in [1.54, 1.807) is 0 Å². The van der Waals surface area contributed by atoms with Crippen molar-refractivity contribution in [1.82, 2.24) is 15.2 Å². The van der Waals surface area contributed by atoms with Gasteiger partial charge in [0.1, 0.15) is 0 Å². The first kappa shape index (κ1) is 15.1. The van der Waals surface area contributed by atoms with Crippen LogP contribution in [0.1, 0.15) is 26.5 Å². The molecule has 0 saturated carbocycles. The molecule has 0 fully saturated rings. The summed E-state index contributed by atoms with van der Waals surface area (Å²) in [7, 11) is 2.19. The molecule has 0 aromatic carbocycles. The molecule has 1 atom stereocenters. The van der Waals surface area contributed by atoms with Crippen molar-refractivity contribution < 1.29 is 0 Å². The molecule has 0 radical (unpaired) electrons. The first-order valence-electron chi connectivity index (χ1n) is 6.95. The zero-order valence-electron chi connectivity index (χ0n) is 12.2. The van der Waals surface area contributed by atoms with E-state index in [0.717, 1.165) is 26.1 Å². The van der Waals surface area contributed by atoms with Crippen LogP contribution in [0.3, 0.4) is 0 Å². The van der Waals surface area contributed by atoms with Gasteiger partial charge in [-0.05, 0) is 31.6 Å². The molecule has 1 aromatic rings. The average Bonchev–Trinajstić information content (AvgIpc) is 2.37. The van der Waals surface area contributed by atoms with Gasteiger partial charge >= 0.3 is 0 Å². The van der Waals surface area contributed by atoms with E-state index in [1.165, 1.54) is 5.69 Å². The van der Waals surface area contributed by atoms with Crippen molar-refractivity contribution in [2.24, 2.45) is 5.92 Å².